The molecule has 132 valence electrons. The third kappa shape index (κ3) is 3.60. The lowest BCUT2D eigenvalue weighted by molar-refractivity contribution is 0.228. The molecule has 0 bridgehead atoms. The normalized spacial score (nSPS) is 17.6. The zero-order valence-corrected chi connectivity index (χ0v) is 14.7. The summed E-state index contributed by atoms with van der Waals surface area (Å²) in [5, 5.41) is 3.89. The molecule has 0 amide bonds. The molecule has 0 radical (unpaired) electrons. The first-order valence-electron chi connectivity index (χ1n) is 7.41. The Kier molecular flexibility index (Phi) is 5.31. The van der Waals surface area contributed by atoms with Crippen LogP contribution in [0, 0.1) is 5.82 Å². The number of rotatable bonds is 5. The Bertz CT molecular complexity index is 804. The molecule has 1 aliphatic rings. The third-order valence-corrected chi connectivity index (χ3v) is 6.13. The standard InChI is InChI=1S/C15H18FN3O3S.ClH/c1-10(9-23(20,21)12-5-3-11(16)4-6-12)13-18-14(19-22-13)15(17)7-2-8-15;/h3-6,10H,2,7-9,17H2,1H3;1H. The smallest absolute Gasteiger partial charge is 0.230 e. The molecule has 1 heterocycles. The zero-order chi connectivity index (χ0) is 16.7. The van der Waals surface area contributed by atoms with Crippen molar-refractivity contribution >= 4 is 22.2 Å². The lowest BCUT2D eigenvalue weighted by Crippen LogP contribution is -2.44. The molecule has 0 aliphatic heterocycles. The van der Waals surface area contributed by atoms with Crippen LogP contribution in [-0.4, -0.2) is 24.3 Å². The van der Waals surface area contributed by atoms with Gasteiger partial charge in [0.25, 0.3) is 0 Å². The number of aromatic nitrogens is 2. The molecule has 2 N–H and O–H groups in total. The van der Waals surface area contributed by atoms with Crippen molar-refractivity contribution in [1.29, 1.82) is 0 Å². The van der Waals surface area contributed by atoms with Crippen molar-refractivity contribution in [2.45, 2.75) is 42.5 Å². The van der Waals surface area contributed by atoms with E-state index in [1.165, 1.54) is 12.1 Å². The second kappa shape index (κ2) is 6.78. The summed E-state index contributed by atoms with van der Waals surface area (Å²) < 4.78 is 42.8. The van der Waals surface area contributed by atoms with Gasteiger partial charge in [0.05, 0.1) is 16.2 Å². The molecule has 6 nitrogen and oxygen atoms in total. The van der Waals surface area contributed by atoms with Crippen LogP contribution in [0.25, 0.3) is 0 Å². The van der Waals surface area contributed by atoms with Crippen LogP contribution in [-0.2, 0) is 15.4 Å². The summed E-state index contributed by atoms with van der Waals surface area (Å²) in [6, 6.07) is 4.74. The number of halogens is 2. The van der Waals surface area contributed by atoms with E-state index >= 15 is 0 Å². The number of sulfone groups is 1. The Balaban J connectivity index is 0.00000208. The van der Waals surface area contributed by atoms with E-state index in [2.05, 4.69) is 10.1 Å². The van der Waals surface area contributed by atoms with E-state index in [4.69, 9.17) is 10.3 Å². The summed E-state index contributed by atoms with van der Waals surface area (Å²) >= 11 is 0. The van der Waals surface area contributed by atoms with Gasteiger partial charge in [-0.05, 0) is 43.5 Å². The van der Waals surface area contributed by atoms with Crippen molar-refractivity contribution in [1.82, 2.24) is 10.1 Å². The first-order valence-corrected chi connectivity index (χ1v) is 9.07. The van der Waals surface area contributed by atoms with Crippen molar-refractivity contribution in [3.05, 3.63) is 41.8 Å². The fourth-order valence-electron chi connectivity index (χ4n) is 2.56. The molecule has 1 aromatic carbocycles. The number of hydrogen-bond donors (Lipinski definition) is 1. The summed E-state index contributed by atoms with van der Waals surface area (Å²) in [5.41, 5.74) is 5.59. The molecule has 0 saturated heterocycles. The molecule has 9 heteroatoms. The van der Waals surface area contributed by atoms with Crippen LogP contribution < -0.4 is 5.73 Å². The molecule has 3 rings (SSSR count). The number of benzene rings is 1. The quantitative estimate of drug-likeness (QED) is 0.806. The second-order valence-electron chi connectivity index (χ2n) is 6.10. The van der Waals surface area contributed by atoms with Crippen LogP contribution in [0.3, 0.4) is 0 Å². The van der Waals surface area contributed by atoms with E-state index < -0.39 is 27.1 Å². The molecular formula is C15H19ClFN3O3S. The highest BCUT2D eigenvalue weighted by Crippen LogP contribution is 2.37. The first-order chi connectivity index (χ1) is 10.8. The van der Waals surface area contributed by atoms with Gasteiger partial charge in [-0.2, -0.15) is 4.98 Å². The first kappa shape index (κ1) is 18.8. The van der Waals surface area contributed by atoms with Crippen molar-refractivity contribution in [3.63, 3.8) is 0 Å². The minimum absolute atomic E-state index is 0. The van der Waals surface area contributed by atoms with Crippen LogP contribution in [0.5, 0.6) is 0 Å². The number of hydrogen-bond acceptors (Lipinski definition) is 6. The molecule has 1 aromatic heterocycles. The molecule has 1 atom stereocenters. The highest BCUT2D eigenvalue weighted by atomic mass is 35.5. The van der Waals surface area contributed by atoms with Gasteiger partial charge >= 0.3 is 0 Å². The van der Waals surface area contributed by atoms with E-state index in [0.717, 1.165) is 31.4 Å². The maximum atomic E-state index is 12.9. The molecule has 1 saturated carbocycles. The lowest BCUT2D eigenvalue weighted by atomic mass is 9.77. The van der Waals surface area contributed by atoms with Crippen LogP contribution in [0.1, 0.15) is 43.8 Å². The summed E-state index contributed by atoms with van der Waals surface area (Å²) in [6.07, 6.45) is 2.62. The predicted molar refractivity (Wildman–Crippen MR) is 88.1 cm³/mol. The Morgan fingerprint density at radius 2 is 1.96 bits per heavy atom. The van der Waals surface area contributed by atoms with Crippen LogP contribution in [0.4, 0.5) is 4.39 Å². The zero-order valence-electron chi connectivity index (χ0n) is 13.1. The summed E-state index contributed by atoms with van der Waals surface area (Å²) in [7, 11) is -3.57. The summed E-state index contributed by atoms with van der Waals surface area (Å²) in [6.45, 7) is 1.70. The van der Waals surface area contributed by atoms with Gasteiger partial charge in [-0.15, -0.1) is 12.4 Å². The van der Waals surface area contributed by atoms with Gasteiger partial charge in [-0.3, -0.25) is 0 Å². The maximum absolute atomic E-state index is 12.9. The van der Waals surface area contributed by atoms with Gasteiger partial charge in [-0.1, -0.05) is 12.1 Å². The SMILES string of the molecule is CC(CS(=O)(=O)c1ccc(F)cc1)c1nc(C2(N)CCC2)no1.Cl. The van der Waals surface area contributed by atoms with Crippen molar-refractivity contribution in [2.75, 3.05) is 5.75 Å². The minimum atomic E-state index is -3.57. The highest BCUT2D eigenvalue weighted by Gasteiger charge is 2.39. The number of nitrogens with two attached hydrogens (primary N) is 1. The third-order valence-electron chi connectivity index (χ3n) is 4.20. The van der Waals surface area contributed by atoms with Crippen LogP contribution in [0.15, 0.2) is 33.7 Å². The topological polar surface area (TPSA) is 99.1 Å². The largest absolute Gasteiger partial charge is 0.339 e. The van der Waals surface area contributed by atoms with E-state index in [-0.39, 0.29) is 28.9 Å². The highest BCUT2D eigenvalue weighted by molar-refractivity contribution is 7.91. The van der Waals surface area contributed by atoms with Gasteiger partial charge < -0.3 is 10.3 Å². The van der Waals surface area contributed by atoms with E-state index in [0.29, 0.717) is 5.82 Å². The maximum Gasteiger partial charge on any atom is 0.230 e. The van der Waals surface area contributed by atoms with Crippen molar-refractivity contribution < 1.29 is 17.3 Å². The molecule has 24 heavy (non-hydrogen) atoms. The van der Waals surface area contributed by atoms with Crippen LogP contribution in [0.2, 0.25) is 0 Å². The Morgan fingerprint density at radius 3 is 2.50 bits per heavy atom. The molecule has 0 spiro atoms. The van der Waals surface area contributed by atoms with E-state index in [1.54, 1.807) is 6.92 Å². The summed E-state index contributed by atoms with van der Waals surface area (Å²) in [5.74, 6) is -0.466. The van der Waals surface area contributed by atoms with E-state index in [9.17, 15) is 12.8 Å². The van der Waals surface area contributed by atoms with Crippen molar-refractivity contribution in [2.24, 2.45) is 5.73 Å². The Morgan fingerprint density at radius 1 is 1.33 bits per heavy atom. The van der Waals surface area contributed by atoms with Gasteiger partial charge in [0.2, 0.25) is 5.89 Å². The second-order valence-corrected chi connectivity index (χ2v) is 8.14. The lowest BCUT2D eigenvalue weighted by Gasteiger charge is -2.34. The number of nitrogens with zero attached hydrogens (tertiary/aromatic N) is 2. The monoisotopic (exact) mass is 375 g/mol. The molecule has 1 fully saturated rings. The van der Waals surface area contributed by atoms with Gasteiger partial charge in [-0.25, -0.2) is 12.8 Å². The molecular weight excluding hydrogens is 357 g/mol. The summed E-state index contributed by atoms with van der Waals surface area (Å²) in [4.78, 5) is 4.34. The van der Waals surface area contributed by atoms with Gasteiger partial charge in [0, 0.05) is 5.92 Å². The Labute approximate surface area is 146 Å². The molecule has 1 aliphatic carbocycles. The van der Waals surface area contributed by atoms with Crippen molar-refractivity contribution in [3.8, 4) is 0 Å². The average Bonchev–Trinajstić information content (AvgIpc) is 2.95. The van der Waals surface area contributed by atoms with Gasteiger partial charge in [0.15, 0.2) is 15.7 Å². The van der Waals surface area contributed by atoms with E-state index in [1.807, 2.05) is 0 Å². The fraction of sp³-hybridized carbons (Fsp3) is 0.467. The molecule has 2 aromatic rings. The van der Waals surface area contributed by atoms with Gasteiger partial charge in [0.1, 0.15) is 5.82 Å². The average molecular weight is 376 g/mol. The molecule has 1 unspecified atom stereocenters. The Hall–Kier alpha value is -1.51. The fourth-order valence-corrected chi connectivity index (χ4v) is 4.10. The predicted octanol–water partition coefficient (Wildman–Crippen LogP) is 2.55. The van der Waals surface area contributed by atoms with Crippen LogP contribution >= 0.6 is 12.4 Å². The minimum Gasteiger partial charge on any atom is -0.339 e.